The van der Waals surface area contributed by atoms with Crippen LogP contribution in [-0.2, 0) is 9.47 Å². The molecule has 2 N–H and O–H groups in total. The van der Waals surface area contributed by atoms with E-state index in [1.54, 1.807) is 6.33 Å². The third kappa shape index (κ3) is 2.25. The first-order chi connectivity index (χ1) is 10.8. The largest absolute Gasteiger partial charge is 0.373 e. The maximum atomic E-state index is 5.89. The fourth-order valence-corrected chi connectivity index (χ4v) is 4.47. The molecule has 0 amide bonds. The number of rotatable bonds is 4. The Labute approximate surface area is 130 Å². The molecule has 0 radical (unpaired) electrons. The molecule has 1 aromatic rings. The van der Waals surface area contributed by atoms with Crippen molar-refractivity contribution in [1.82, 2.24) is 9.97 Å². The molecule has 5 rings (SSSR count). The van der Waals surface area contributed by atoms with E-state index in [1.807, 2.05) is 6.07 Å². The van der Waals surface area contributed by atoms with Gasteiger partial charge in [0.2, 0.25) is 0 Å². The number of nitrogens with zero attached hydrogens (tertiary/aromatic N) is 2. The predicted molar refractivity (Wildman–Crippen MR) is 81.9 cm³/mol. The van der Waals surface area contributed by atoms with Gasteiger partial charge < -0.3 is 20.1 Å². The van der Waals surface area contributed by atoms with Crippen molar-refractivity contribution in [2.45, 2.75) is 75.0 Å². The van der Waals surface area contributed by atoms with E-state index in [0.717, 1.165) is 24.5 Å². The molecule has 4 fully saturated rings. The Hall–Kier alpha value is -1.40. The normalized spacial score (nSPS) is 42.0. The fourth-order valence-electron chi connectivity index (χ4n) is 4.47. The number of ether oxygens (including phenoxy) is 2. The second-order valence-corrected chi connectivity index (χ2v) is 7.01. The number of fused-ring (bicyclic) bond motifs is 4. The summed E-state index contributed by atoms with van der Waals surface area (Å²) in [7, 11) is 0. The van der Waals surface area contributed by atoms with Crippen molar-refractivity contribution in [3.05, 3.63) is 12.4 Å². The summed E-state index contributed by atoms with van der Waals surface area (Å²) in [5, 5.41) is 7.05. The molecule has 4 aliphatic heterocycles. The van der Waals surface area contributed by atoms with Crippen LogP contribution in [0.3, 0.4) is 0 Å². The van der Waals surface area contributed by atoms with Gasteiger partial charge in [-0.25, -0.2) is 9.97 Å². The van der Waals surface area contributed by atoms with Gasteiger partial charge >= 0.3 is 0 Å². The van der Waals surface area contributed by atoms with Crippen LogP contribution in [-0.4, -0.2) is 46.5 Å². The van der Waals surface area contributed by atoms with Crippen LogP contribution in [0.15, 0.2) is 12.4 Å². The predicted octanol–water partition coefficient (Wildman–Crippen LogP) is 1.94. The molecule has 0 saturated carbocycles. The topological polar surface area (TPSA) is 68.3 Å². The fraction of sp³-hybridized carbons (Fsp3) is 0.750. The summed E-state index contributed by atoms with van der Waals surface area (Å²) in [6.45, 7) is 0. The van der Waals surface area contributed by atoms with E-state index < -0.39 is 0 Å². The molecule has 6 atom stereocenters. The highest BCUT2D eigenvalue weighted by atomic mass is 16.5. The Morgan fingerprint density at radius 3 is 1.77 bits per heavy atom. The van der Waals surface area contributed by atoms with Gasteiger partial charge in [-0.1, -0.05) is 0 Å². The van der Waals surface area contributed by atoms with Gasteiger partial charge in [-0.05, 0) is 38.5 Å². The van der Waals surface area contributed by atoms with Crippen LogP contribution in [0.1, 0.15) is 38.5 Å². The minimum absolute atomic E-state index is 0.357. The van der Waals surface area contributed by atoms with Gasteiger partial charge in [-0.3, -0.25) is 0 Å². The molecule has 0 aliphatic carbocycles. The smallest absolute Gasteiger partial charge is 0.131 e. The van der Waals surface area contributed by atoms with Crippen molar-refractivity contribution in [2.24, 2.45) is 0 Å². The first-order valence-corrected chi connectivity index (χ1v) is 8.49. The molecule has 118 valence electrons. The van der Waals surface area contributed by atoms with Gasteiger partial charge in [-0.2, -0.15) is 0 Å². The lowest BCUT2D eigenvalue weighted by Gasteiger charge is -2.22. The Morgan fingerprint density at radius 1 is 0.818 bits per heavy atom. The lowest BCUT2D eigenvalue weighted by atomic mass is 9.95. The number of hydrogen-bond acceptors (Lipinski definition) is 6. The van der Waals surface area contributed by atoms with E-state index in [1.165, 1.54) is 25.7 Å². The Morgan fingerprint density at radius 2 is 1.36 bits per heavy atom. The van der Waals surface area contributed by atoms with Gasteiger partial charge in [0.25, 0.3) is 0 Å². The van der Waals surface area contributed by atoms with Crippen molar-refractivity contribution in [3.63, 3.8) is 0 Å². The van der Waals surface area contributed by atoms with Crippen LogP contribution in [0.2, 0.25) is 0 Å². The van der Waals surface area contributed by atoms with Gasteiger partial charge in [0.05, 0.1) is 36.5 Å². The maximum Gasteiger partial charge on any atom is 0.131 e. The molecule has 4 bridgehead atoms. The van der Waals surface area contributed by atoms with E-state index in [0.29, 0.717) is 36.5 Å². The standard InChI is InChI=1S/C16H22N4O2/c1-3-13-11(5-9(1)21-13)19-15-7-16(18-8-17-15)20-12-6-10-2-4-14(12)22-10/h7-14H,1-6H2,(H2,17,18,19,20)/t9-,10+,11-,12-,13+,14+/m1/s1. The minimum Gasteiger partial charge on any atom is -0.373 e. The summed E-state index contributed by atoms with van der Waals surface area (Å²) in [5.41, 5.74) is 0. The molecular formula is C16H22N4O2. The van der Waals surface area contributed by atoms with E-state index >= 15 is 0 Å². The van der Waals surface area contributed by atoms with Crippen LogP contribution < -0.4 is 10.6 Å². The van der Waals surface area contributed by atoms with Crippen molar-refractivity contribution >= 4 is 11.6 Å². The van der Waals surface area contributed by atoms with Gasteiger partial charge in [0, 0.05) is 6.07 Å². The van der Waals surface area contributed by atoms with Crippen molar-refractivity contribution < 1.29 is 9.47 Å². The van der Waals surface area contributed by atoms with Gasteiger partial charge in [0.1, 0.15) is 18.0 Å². The second-order valence-electron chi connectivity index (χ2n) is 7.01. The Balaban J connectivity index is 1.25. The molecule has 6 nitrogen and oxygen atoms in total. The van der Waals surface area contributed by atoms with Gasteiger partial charge in [0.15, 0.2) is 0 Å². The summed E-state index contributed by atoms with van der Waals surface area (Å²) in [4.78, 5) is 8.72. The molecule has 0 spiro atoms. The number of anilines is 2. The van der Waals surface area contributed by atoms with Crippen LogP contribution in [0.4, 0.5) is 11.6 Å². The second kappa shape index (κ2) is 5.06. The monoisotopic (exact) mass is 302 g/mol. The van der Waals surface area contributed by atoms with E-state index in [9.17, 15) is 0 Å². The number of aromatic nitrogens is 2. The number of nitrogens with one attached hydrogen (secondary N) is 2. The summed E-state index contributed by atoms with van der Waals surface area (Å²) < 4.78 is 11.8. The SMILES string of the molecule is c1nc(N[C@@H]2C[C@H]3CC[C@@H]2O3)cc(N[C@@H]2C[C@@H]3CC[C@@H]2O3)n1. The van der Waals surface area contributed by atoms with Crippen molar-refractivity contribution in [2.75, 3.05) is 10.6 Å². The van der Waals surface area contributed by atoms with Crippen molar-refractivity contribution in [1.29, 1.82) is 0 Å². The summed E-state index contributed by atoms with van der Waals surface area (Å²) in [5.74, 6) is 1.78. The first-order valence-electron chi connectivity index (χ1n) is 8.49. The Kier molecular flexibility index (Phi) is 3.01. The van der Waals surface area contributed by atoms with Crippen LogP contribution >= 0.6 is 0 Å². The zero-order chi connectivity index (χ0) is 14.5. The highest BCUT2D eigenvalue weighted by Crippen LogP contribution is 2.37. The van der Waals surface area contributed by atoms with Crippen LogP contribution in [0.5, 0.6) is 0 Å². The highest BCUT2D eigenvalue weighted by Gasteiger charge is 2.42. The van der Waals surface area contributed by atoms with E-state index in [2.05, 4.69) is 20.6 Å². The molecule has 5 heterocycles. The third-order valence-corrected chi connectivity index (χ3v) is 5.55. The summed E-state index contributed by atoms with van der Waals surface area (Å²) in [6.07, 6.45) is 10.2. The average Bonchev–Trinajstić information content (AvgIpc) is 3.28. The molecule has 0 aromatic carbocycles. The first kappa shape index (κ1) is 13.1. The summed E-state index contributed by atoms with van der Waals surface area (Å²) in [6, 6.07) is 2.80. The average molecular weight is 302 g/mol. The minimum atomic E-state index is 0.357. The molecule has 4 aliphatic rings. The molecule has 6 heteroatoms. The third-order valence-electron chi connectivity index (χ3n) is 5.55. The zero-order valence-corrected chi connectivity index (χ0v) is 12.6. The molecular weight excluding hydrogens is 280 g/mol. The zero-order valence-electron chi connectivity index (χ0n) is 12.6. The molecule has 22 heavy (non-hydrogen) atoms. The quantitative estimate of drug-likeness (QED) is 0.886. The van der Waals surface area contributed by atoms with Crippen molar-refractivity contribution in [3.8, 4) is 0 Å². The summed E-state index contributed by atoms with van der Waals surface area (Å²) >= 11 is 0. The molecule has 1 aromatic heterocycles. The van der Waals surface area contributed by atoms with Crippen LogP contribution in [0, 0.1) is 0 Å². The highest BCUT2D eigenvalue weighted by molar-refractivity contribution is 5.48. The Bertz CT molecular complexity index is 524. The van der Waals surface area contributed by atoms with E-state index in [-0.39, 0.29) is 0 Å². The molecule has 0 unspecified atom stereocenters. The lowest BCUT2D eigenvalue weighted by molar-refractivity contribution is 0.102. The maximum absolute atomic E-state index is 5.89. The molecule has 4 saturated heterocycles. The number of hydrogen-bond donors (Lipinski definition) is 2. The van der Waals surface area contributed by atoms with Crippen LogP contribution in [0.25, 0.3) is 0 Å². The van der Waals surface area contributed by atoms with E-state index in [4.69, 9.17) is 9.47 Å². The lowest BCUT2D eigenvalue weighted by Crippen LogP contribution is -2.32. The van der Waals surface area contributed by atoms with Gasteiger partial charge in [-0.15, -0.1) is 0 Å².